The molecule has 0 radical (unpaired) electrons. The maximum absolute atomic E-state index is 12.7. The molecule has 0 aliphatic carbocycles. The highest BCUT2D eigenvalue weighted by atomic mass is 35.5. The van der Waals surface area contributed by atoms with E-state index < -0.39 is 0 Å². The van der Waals surface area contributed by atoms with Crippen molar-refractivity contribution in [2.75, 3.05) is 11.5 Å². The SMILES string of the molecule is Cl.Cl.Nc1ccc(N)c(-c2ccc(F)cc2)c1. The molecule has 0 spiro atoms. The van der Waals surface area contributed by atoms with Crippen molar-refractivity contribution in [3.8, 4) is 11.1 Å². The van der Waals surface area contributed by atoms with E-state index >= 15 is 0 Å². The van der Waals surface area contributed by atoms with Crippen LogP contribution in [-0.2, 0) is 0 Å². The summed E-state index contributed by atoms with van der Waals surface area (Å²) in [4.78, 5) is 0. The molecule has 0 unspecified atom stereocenters. The molecule has 2 rings (SSSR count). The Bertz CT molecular complexity index is 486. The van der Waals surface area contributed by atoms with Crippen LogP contribution in [0.15, 0.2) is 42.5 Å². The molecule has 2 aromatic rings. The molecule has 17 heavy (non-hydrogen) atoms. The highest BCUT2D eigenvalue weighted by Crippen LogP contribution is 2.27. The second-order valence-corrected chi connectivity index (χ2v) is 3.35. The van der Waals surface area contributed by atoms with Crippen LogP contribution in [0.2, 0.25) is 0 Å². The fourth-order valence-electron chi connectivity index (χ4n) is 1.45. The van der Waals surface area contributed by atoms with Crippen molar-refractivity contribution >= 4 is 36.2 Å². The summed E-state index contributed by atoms with van der Waals surface area (Å²) in [6.45, 7) is 0. The minimum atomic E-state index is -0.263. The Balaban J connectivity index is 0.00000128. The Kier molecular flexibility index (Phi) is 5.79. The van der Waals surface area contributed by atoms with Crippen LogP contribution in [-0.4, -0.2) is 0 Å². The van der Waals surface area contributed by atoms with Crippen LogP contribution in [0.3, 0.4) is 0 Å². The molecule has 0 heterocycles. The number of rotatable bonds is 1. The van der Waals surface area contributed by atoms with Gasteiger partial charge < -0.3 is 11.5 Å². The molecular weight excluding hydrogens is 262 g/mol. The molecule has 0 fully saturated rings. The molecule has 2 aromatic carbocycles. The number of hydrogen-bond donors (Lipinski definition) is 2. The molecule has 0 amide bonds. The van der Waals surface area contributed by atoms with E-state index in [4.69, 9.17) is 11.5 Å². The standard InChI is InChI=1S/C12H11FN2.2ClH/c13-9-3-1-8(2-4-9)11-7-10(14)5-6-12(11)15;;/h1-7H,14-15H2;2*1H. The third kappa shape index (κ3) is 3.51. The lowest BCUT2D eigenvalue weighted by molar-refractivity contribution is 0.628. The van der Waals surface area contributed by atoms with Gasteiger partial charge in [0.1, 0.15) is 5.82 Å². The summed E-state index contributed by atoms with van der Waals surface area (Å²) in [5.41, 5.74) is 14.4. The van der Waals surface area contributed by atoms with Gasteiger partial charge in [0.2, 0.25) is 0 Å². The Morgan fingerprint density at radius 3 is 2.00 bits per heavy atom. The molecule has 4 N–H and O–H groups in total. The molecule has 0 saturated carbocycles. The summed E-state index contributed by atoms with van der Waals surface area (Å²) in [6.07, 6.45) is 0. The maximum Gasteiger partial charge on any atom is 0.123 e. The number of halogens is 3. The van der Waals surface area contributed by atoms with Gasteiger partial charge >= 0.3 is 0 Å². The number of hydrogen-bond acceptors (Lipinski definition) is 2. The molecule has 0 saturated heterocycles. The zero-order chi connectivity index (χ0) is 10.8. The summed E-state index contributed by atoms with van der Waals surface area (Å²) in [5, 5.41) is 0. The monoisotopic (exact) mass is 274 g/mol. The minimum Gasteiger partial charge on any atom is -0.399 e. The predicted molar refractivity (Wildman–Crippen MR) is 75.2 cm³/mol. The Morgan fingerprint density at radius 2 is 1.41 bits per heavy atom. The number of nitrogens with two attached hydrogens (primary N) is 2. The van der Waals surface area contributed by atoms with E-state index in [9.17, 15) is 4.39 Å². The molecule has 0 aliphatic rings. The van der Waals surface area contributed by atoms with Crippen molar-refractivity contribution in [1.82, 2.24) is 0 Å². The van der Waals surface area contributed by atoms with Gasteiger partial charge in [0, 0.05) is 16.9 Å². The van der Waals surface area contributed by atoms with Crippen LogP contribution in [0, 0.1) is 5.82 Å². The van der Waals surface area contributed by atoms with E-state index in [-0.39, 0.29) is 30.6 Å². The zero-order valence-electron chi connectivity index (χ0n) is 8.89. The Labute approximate surface area is 112 Å². The van der Waals surface area contributed by atoms with Crippen molar-refractivity contribution in [2.45, 2.75) is 0 Å². The van der Waals surface area contributed by atoms with Crippen molar-refractivity contribution in [2.24, 2.45) is 0 Å². The number of benzene rings is 2. The molecule has 5 heteroatoms. The van der Waals surface area contributed by atoms with Gasteiger partial charge in [0.05, 0.1) is 0 Å². The van der Waals surface area contributed by atoms with Crippen LogP contribution in [0.4, 0.5) is 15.8 Å². The first kappa shape index (κ1) is 15.6. The van der Waals surface area contributed by atoms with E-state index in [2.05, 4.69) is 0 Å². The second-order valence-electron chi connectivity index (χ2n) is 3.35. The Hall–Kier alpha value is -1.45. The fraction of sp³-hybridized carbons (Fsp3) is 0. The summed E-state index contributed by atoms with van der Waals surface area (Å²) in [5.74, 6) is -0.263. The van der Waals surface area contributed by atoms with Gasteiger partial charge in [-0.1, -0.05) is 12.1 Å². The smallest absolute Gasteiger partial charge is 0.123 e. The van der Waals surface area contributed by atoms with Gasteiger partial charge in [0.15, 0.2) is 0 Å². The molecule has 92 valence electrons. The highest BCUT2D eigenvalue weighted by Gasteiger charge is 2.02. The molecule has 0 aromatic heterocycles. The highest BCUT2D eigenvalue weighted by molar-refractivity contribution is 5.85. The average molecular weight is 275 g/mol. The topological polar surface area (TPSA) is 52.0 Å². The summed E-state index contributed by atoms with van der Waals surface area (Å²) in [6, 6.07) is 11.4. The molecule has 0 atom stereocenters. The first-order chi connectivity index (χ1) is 7.16. The third-order valence-corrected chi connectivity index (χ3v) is 2.23. The van der Waals surface area contributed by atoms with Gasteiger partial charge in [-0.3, -0.25) is 0 Å². The quantitative estimate of drug-likeness (QED) is 0.782. The summed E-state index contributed by atoms with van der Waals surface area (Å²) < 4.78 is 12.7. The van der Waals surface area contributed by atoms with Crippen molar-refractivity contribution < 1.29 is 4.39 Å². The van der Waals surface area contributed by atoms with Gasteiger partial charge in [-0.25, -0.2) is 4.39 Å². The van der Waals surface area contributed by atoms with E-state index in [0.29, 0.717) is 11.4 Å². The van der Waals surface area contributed by atoms with Crippen LogP contribution in [0.25, 0.3) is 11.1 Å². The third-order valence-electron chi connectivity index (χ3n) is 2.23. The van der Waals surface area contributed by atoms with E-state index in [1.165, 1.54) is 12.1 Å². The van der Waals surface area contributed by atoms with Gasteiger partial charge in [0.25, 0.3) is 0 Å². The largest absolute Gasteiger partial charge is 0.399 e. The average Bonchev–Trinajstić information content (AvgIpc) is 2.23. The zero-order valence-corrected chi connectivity index (χ0v) is 10.5. The first-order valence-electron chi connectivity index (χ1n) is 4.58. The van der Waals surface area contributed by atoms with Gasteiger partial charge in [-0.15, -0.1) is 24.8 Å². The van der Waals surface area contributed by atoms with Crippen LogP contribution in [0.5, 0.6) is 0 Å². The normalized spacial score (nSPS) is 9.00. The van der Waals surface area contributed by atoms with E-state index in [1.54, 1.807) is 30.3 Å². The lowest BCUT2D eigenvalue weighted by Gasteiger charge is -2.06. The number of anilines is 2. The van der Waals surface area contributed by atoms with E-state index in [0.717, 1.165) is 11.1 Å². The van der Waals surface area contributed by atoms with Gasteiger partial charge in [-0.05, 0) is 35.9 Å². The van der Waals surface area contributed by atoms with Crippen LogP contribution >= 0.6 is 24.8 Å². The fourth-order valence-corrected chi connectivity index (χ4v) is 1.45. The summed E-state index contributed by atoms with van der Waals surface area (Å²) in [7, 11) is 0. The van der Waals surface area contributed by atoms with Crippen molar-refractivity contribution in [1.29, 1.82) is 0 Å². The molecule has 2 nitrogen and oxygen atoms in total. The molecule has 0 aliphatic heterocycles. The number of nitrogen functional groups attached to an aromatic ring is 2. The predicted octanol–water partition coefficient (Wildman–Crippen LogP) is 3.50. The lowest BCUT2D eigenvalue weighted by atomic mass is 10.0. The first-order valence-corrected chi connectivity index (χ1v) is 4.58. The van der Waals surface area contributed by atoms with Crippen molar-refractivity contribution in [3.63, 3.8) is 0 Å². The lowest BCUT2D eigenvalue weighted by Crippen LogP contribution is -1.92. The molecule has 0 bridgehead atoms. The van der Waals surface area contributed by atoms with Crippen molar-refractivity contribution in [3.05, 3.63) is 48.3 Å². The van der Waals surface area contributed by atoms with E-state index in [1.807, 2.05) is 0 Å². The van der Waals surface area contributed by atoms with Crippen LogP contribution in [0.1, 0.15) is 0 Å². The minimum absolute atomic E-state index is 0. The van der Waals surface area contributed by atoms with Gasteiger partial charge in [-0.2, -0.15) is 0 Å². The second kappa shape index (κ2) is 6.33. The summed E-state index contributed by atoms with van der Waals surface area (Å²) >= 11 is 0. The maximum atomic E-state index is 12.7. The van der Waals surface area contributed by atoms with Crippen LogP contribution < -0.4 is 11.5 Å². The molecular formula is C12H13Cl2FN2. The Morgan fingerprint density at radius 1 is 0.824 bits per heavy atom.